The Labute approximate surface area is 163 Å². The summed E-state index contributed by atoms with van der Waals surface area (Å²) in [5.74, 6) is -0.615. The Morgan fingerprint density at radius 2 is 1.93 bits per heavy atom. The number of imide groups is 1. The summed E-state index contributed by atoms with van der Waals surface area (Å²) in [6, 6.07) is 10.0. The third-order valence-corrected chi connectivity index (χ3v) is 4.48. The van der Waals surface area contributed by atoms with E-state index in [1.807, 2.05) is 26.0 Å². The van der Waals surface area contributed by atoms with Gasteiger partial charge in [-0.1, -0.05) is 33.6 Å². The van der Waals surface area contributed by atoms with Gasteiger partial charge in [-0.25, -0.2) is 9.78 Å². The van der Waals surface area contributed by atoms with Crippen LogP contribution in [-0.4, -0.2) is 21.5 Å². The number of amides is 3. The van der Waals surface area contributed by atoms with Crippen molar-refractivity contribution in [1.82, 2.24) is 14.9 Å². The maximum absolute atomic E-state index is 12.5. The number of hydrogen-bond acceptors (Lipinski definition) is 4. The van der Waals surface area contributed by atoms with Crippen molar-refractivity contribution in [2.45, 2.75) is 20.4 Å². The molecule has 3 amide bonds. The summed E-state index contributed by atoms with van der Waals surface area (Å²) in [5, 5.41) is 5.23. The number of urea groups is 1. The van der Waals surface area contributed by atoms with Crippen LogP contribution in [0.15, 0.2) is 52.0 Å². The average molecular weight is 429 g/mol. The Morgan fingerprint density at radius 1 is 1.15 bits per heavy atom. The molecule has 0 fully saturated rings. The predicted molar refractivity (Wildman–Crippen MR) is 107 cm³/mol. The zero-order chi connectivity index (χ0) is 19.6. The van der Waals surface area contributed by atoms with E-state index in [0.717, 1.165) is 20.2 Å². The van der Waals surface area contributed by atoms with Crippen LogP contribution in [0.3, 0.4) is 0 Å². The molecule has 8 heteroatoms. The van der Waals surface area contributed by atoms with Crippen LogP contribution in [0.5, 0.6) is 0 Å². The van der Waals surface area contributed by atoms with Gasteiger partial charge < -0.3 is 5.32 Å². The molecule has 0 unspecified atom stereocenters. The fourth-order valence-corrected chi connectivity index (χ4v) is 3.03. The summed E-state index contributed by atoms with van der Waals surface area (Å²) in [6.07, 6.45) is 1.29. The predicted octanol–water partition coefficient (Wildman–Crippen LogP) is 3.12. The van der Waals surface area contributed by atoms with E-state index in [0.29, 0.717) is 16.6 Å². The zero-order valence-electron chi connectivity index (χ0n) is 14.7. The highest BCUT2D eigenvalue weighted by Gasteiger charge is 2.12. The average Bonchev–Trinajstić information content (AvgIpc) is 2.60. The monoisotopic (exact) mass is 428 g/mol. The van der Waals surface area contributed by atoms with Crippen molar-refractivity contribution in [3.8, 4) is 0 Å². The molecule has 7 nitrogen and oxygen atoms in total. The molecular weight excluding hydrogens is 412 g/mol. The van der Waals surface area contributed by atoms with Gasteiger partial charge in [0.2, 0.25) is 5.91 Å². The Kier molecular flexibility index (Phi) is 5.36. The minimum atomic E-state index is -0.656. The lowest BCUT2D eigenvalue weighted by molar-refractivity contribution is -0.120. The van der Waals surface area contributed by atoms with Crippen molar-refractivity contribution in [3.05, 3.63) is 68.7 Å². The lowest BCUT2D eigenvalue weighted by Gasteiger charge is -2.10. The normalized spacial score (nSPS) is 10.6. The van der Waals surface area contributed by atoms with E-state index in [4.69, 9.17) is 0 Å². The van der Waals surface area contributed by atoms with Gasteiger partial charge in [-0.2, -0.15) is 0 Å². The maximum atomic E-state index is 12.5. The molecule has 2 N–H and O–H groups in total. The molecule has 0 saturated carbocycles. The summed E-state index contributed by atoms with van der Waals surface area (Å²) in [6.45, 7) is 3.51. The molecule has 138 valence electrons. The zero-order valence-corrected chi connectivity index (χ0v) is 16.3. The molecule has 2 aromatic carbocycles. The summed E-state index contributed by atoms with van der Waals surface area (Å²) >= 11 is 3.31. The third kappa shape index (κ3) is 4.40. The number of aromatic nitrogens is 2. The molecule has 1 heterocycles. The minimum absolute atomic E-state index is 0.311. The Morgan fingerprint density at radius 3 is 2.67 bits per heavy atom. The van der Waals surface area contributed by atoms with Gasteiger partial charge in [-0.15, -0.1) is 0 Å². The SMILES string of the molecule is Cc1ccc(NC(=O)NC(=O)Cn2cnc3ccc(Br)cc3c2=O)c(C)c1. The fourth-order valence-electron chi connectivity index (χ4n) is 2.67. The van der Waals surface area contributed by atoms with Crippen LogP contribution in [0.25, 0.3) is 10.9 Å². The maximum Gasteiger partial charge on any atom is 0.325 e. The van der Waals surface area contributed by atoms with Crippen LogP contribution in [0.2, 0.25) is 0 Å². The van der Waals surface area contributed by atoms with Crippen LogP contribution >= 0.6 is 15.9 Å². The summed E-state index contributed by atoms with van der Waals surface area (Å²) < 4.78 is 1.90. The Balaban J connectivity index is 1.70. The van der Waals surface area contributed by atoms with Crippen LogP contribution < -0.4 is 16.2 Å². The standard InChI is InChI=1S/C19H17BrN4O3/c1-11-3-5-15(12(2)7-11)22-19(27)23-17(25)9-24-10-21-16-6-4-13(20)8-14(16)18(24)26/h3-8,10H,9H2,1-2H3,(H2,22,23,25,27). The second-order valence-electron chi connectivity index (χ2n) is 6.16. The molecule has 0 spiro atoms. The molecule has 0 aliphatic heterocycles. The molecule has 3 rings (SSSR count). The Bertz CT molecular complexity index is 1110. The smallest absolute Gasteiger partial charge is 0.307 e. The van der Waals surface area contributed by atoms with Gasteiger partial charge in [0.15, 0.2) is 0 Å². The van der Waals surface area contributed by atoms with Crippen LogP contribution in [-0.2, 0) is 11.3 Å². The number of nitrogens with zero attached hydrogens (tertiary/aromatic N) is 2. The lowest BCUT2D eigenvalue weighted by atomic mass is 10.1. The number of hydrogen-bond donors (Lipinski definition) is 2. The fraction of sp³-hybridized carbons (Fsp3) is 0.158. The molecule has 27 heavy (non-hydrogen) atoms. The van der Waals surface area contributed by atoms with Gasteiger partial charge in [-0.05, 0) is 43.7 Å². The first-order valence-electron chi connectivity index (χ1n) is 8.16. The second kappa shape index (κ2) is 7.71. The first-order valence-corrected chi connectivity index (χ1v) is 8.95. The highest BCUT2D eigenvalue weighted by molar-refractivity contribution is 9.10. The van der Waals surface area contributed by atoms with E-state index < -0.39 is 11.9 Å². The molecule has 3 aromatic rings. The quantitative estimate of drug-likeness (QED) is 0.669. The first kappa shape index (κ1) is 18.8. The van der Waals surface area contributed by atoms with Gasteiger partial charge in [0, 0.05) is 10.2 Å². The number of carbonyl (C=O) groups excluding carboxylic acids is 2. The van der Waals surface area contributed by atoms with Crippen molar-refractivity contribution in [1.29, 1.82) is 0 Å². The number of carbonyl (C=O) groups is 2. The highest BCUT2D eigenvalue weighted by atomic mass is 79.9. The third-order valence-electron chi connectivity index (χ3n) is 3.98. The first-order chi connectivity index (χ1) is 12.8. The molecule has 1 aromatic heterocycles. The van der Waals surface area contributed by atoms with E-state index in [-0.39, 0.29) is 12.1 Å². The van der Waals surface area contributed by atoms with Crippen molar-refractivity contribution < 1.29 is 9.59 Å². The van der Waals surface area contributed by atoms with Crippen LogP contribution in [0.1, 0.15) is 11.1 Å². The van der Waals surface area contributed by atoms with E-state index in [1.165, 1.54) is 6.33 Å². The molecule has 0 saturated heterocycles. The van der Waals surface area contributed by atoms with Gasteiger partial charge in [0.05, 0.1) is 17.2 Å². The van der Waals surface area contributed by atoms with Crippen LogP contribution in [0.4, 0.5) is 10.5 Å². The van der Waals surface area contributed by atoms with E-state index in [9.17, 15) is 14.4 Å². The molecule has 0 aliphatic rings. The largest absolute Gasteiger partial charge is 0.325 e. The van der Waals surface area contributed by atoms with Crippen LogP contribution in [0, 0.1) is 13.8 Å². The van der Waals surface area contributed by atoms with E-state index in [1.54, 1.807) is 24.3 Å². The van der Waals surface area contributed by atoms with Gasteiger partial charge >= 0.3 is 6.03 Å². The van der Waals surface area contributed by atoms with Crippen molar-refractivity contribution in [2.75, 3.05) is 5.32 Å². The van der Waals surface area contributed by atoms with Gasteiger partial charge in [0.25, 0.3) is 5.56 Å². The number of nitrogens with one attached hydrogen (secondary N) is 2. The summed E-state index contributed by atoms with van der Waals surface area (Å²) in [5.41, 5.74) is 2.75. The molecular formula is C19H17BrN4O3. The number of halogens is 1. The lowest BCUT2D eigenvalue weighted by Crippen LogP contribution is -2.38. The Hall–Kier alpha value is -3.00. The van der Waals surface area contributed by atoms with Gasteiger partial charge in [0.1, 0.15) is 6.54 Å². The second-order valence-corrected chi connectivity index (χ2v) is 7.08. The number of anilines is 1. The molecule has 0 aliphatic carbocycles. The molecule has 0 atom stereocenters. The van der Waals surface area contributed by atoms with E-state index in [2.05, 4.69) is 31.5 Å². The number of benzene rings is 2. The molecule has 0 bridgehead atoms. The van der Waals surface area contributed by atoms with Crippen molar-refractivity contribution in [2.24, 2.45) is 0 Å². The van der Waals surface area contributed by atoms with E-state index >= 15 is 0 Å². The van der Waals surface area contributed by atoms with Crippen molar-refractivity contribution in [3.63, 3.8) is 0 Å². The highest BCUT2D eigenvalue weighted by Crippen LogP contribution is 2.16. The number of aryl methyl sites for hydroxylation is 2. The number of fused-ring (bicyclic) bond motifs is 1. The van der Waals surface area contributed by atoms with Crippen molar-refractivity contribution >= 4 is 44.5 Å². The molecule has 0 radical (unpaired) electrons. The summed E-state index contributed by atoms with van der Waals surface area (Å²) in [4.78, 5) is 40.8. The number of rotatable bonds is 3. The topological polar surface area (TPSA) is 93.1 Å². The summed E-state index contributed by atoms with van der Waals surface area (Å²) in [7, 11) is 0. The van der Waals surface area contributed by atoms with Gasteiger partial charge in [-0.3, -0.25) is 19.5 Å². The minimum Gasteiger partial charge on any atom is -0.307 e.